The maximum atomic E-state index is 8.74. The minimum absolute atomic E-state index is 0.271. The van der Waals surface area contributed by atoms with E-state index in [0.29, 0.717) is 11.3 Å². The van der Waals surface area contributed by atoms with E-state index < -0.39 is 6.29 Å². The molecule has 1 rings (SSSR count). The number of aryl methyl sites for hydroxylation is 1. The maximum Gasteiger partial charge on any atom is 0.178 e. The molecule has 0 saturated heterocycles. The van der Waals surface area contributed by atoms with Gasteiger partial charge >= 0.3 is 0 Å². The Morgan fingerprint density at radius 3 is 2.55 bits per heavy atom. The van der Waals surface area contributed by atoms with Crippen LogP contribution in [0, 0.1) is 6.92 Å². The van der Waals surface area contributed by atoms with Gasteiger partial charge in [-0.3, -0.25) is 0 Å². The Hall–Kier alpha value is -0.640. The summed E-state index contributed by atoms with van der Waals surface area (Å²) in [6.07, 6.45) is -1.48. The molecule has 3 nitrogen and oxygen atoms in total. The van der Waals surface area contributed by atoms with Gasteiger partial charge in [0.1, 0.15) is 5.15 Å². The van der Waals surface area contributed by atoms with Crippen LogP contribution in [-0.4, -0.2) is 15.2 Å². The van der Waals surface area contributed by atoms with Crippen LogP contribution in [0.15, 0.2) is 12.1 Å². The van der Waals surface area contributed by atoms with Gasteiger partial charge < -0.3 is 10.2 Å². The van der Waals surface area contributed by atoms with Crippen molar-refractivity contribution in [1.29, 1.82) is 0 Å². The summed E-state index contributed by atoms with van der Waals surface area (Å²) in [6.45, 7) is 1.73. The number of aromatic nitrogens is 1. The molecular weight excluding hydrogens is 166 g/mol. The highest BCUT2D eigenvalue weighted by Gasteiger charge is 2.04. The highest BCUT2D eigenvalue weighted by molar-refractivity contribution is 6.29. The van der Waals surface area contributed by atoms with Crippen molar-refractivity contribution in [3.05, 3.63) is 28.5 Å². The molecule has 0 aliphatic rings. The molecule has 0 atom stereocenters. The SMILES string of the molecule is Cc1cc(C(O)O)cc(Cl)n1. The Labute approximate surface area is 69.3 Å². The highest BCUT2D eigenvalue weighted by atomic mass is 35.5. The fourth-order valence-electron chi connectivity index (χ4n) is 0.802. The van der Waals surface area contributed by atoms with Crippen LogP contribution in [0.2, 0.25) is 5.15 Å². The minimum Gasteiger partial charge on any atom is -0.364 e. The van der Waals surface area contributed by atoms with E-state index in [9.17, 15) is 0 Å². The van der Waals surface area contributed by atoms with E-state index in [1.165, 1.54) is 6.07 Å². The van der Waals surface area contributed by atoms with E-state index in [0.717, 1.165) is 0 Å². The van der Waals surface area contributed by atoms with Crippen LogP contribution in [0.4, 0.5) is 0 Å². The molecule has 11 heavy (non-hydrogen) atoms. The average molecular weight is 174 g/mol. The highest BCUT2D eigenvalue weighted by Crippen LogP contribution is 2.15. The lowest BCUT2D eigenvalue weighted by molar-refractivity contribution is -0.0425. The van der Waals surface area contributed by atoms with E-state index in [4.69, 9.17) is 21.8 Å². The summed E-state index contributed by atoms with van der Waals surface area (Å²) >= 11 is 5.56. The Kier molecular flexibility index (Phi) is 2.44. The summed E-state index contributed by atoms with van der Waals surface area (Å²) in [5.41, 5.74) is 1.03. The predicted octanol–water partition coefficient (Wildman–Crippen LogP) is 1.03. The molecule has 0 unspecified atom stereocenters. The first-order chi connectivity index (χ1) is 5.09. The molecule has 0 amide bonds. The number of rotatable bonds is 1. The first kappa shape index (κ1) is 8.46. The van der Waals surface area contributed by atoms with Crippen LogP contribution in [0.25, 0.3) is 0 Å². The molecule has 0 radical (unpaired) electrons. The van der Waals surface area contributed by atoms with Crippen molar-refractivity contribution in [3.8, 4) is 0 Å². The Bertz CT molecular complexity index is 242. The van der Waals surface area contributed by atoms with Gasteiger partial charge in [-0.25, -0.2) is 4.98 Å². The second-order valence-electron chi connectivity index (χ2n) is 2.24. The van der Waals surface area contributed by atoms with Gasteiger partial charge in [0.15, 0.2) is 6.29 Å². The zero-order valence-corrected chi connectivity index (χ0v) is 6.71. The average Bonchev–Trinajstić information content (AvgIpc) is 1.85. The molecule has 0 spiro atoms. The fraction of sp³-hybridized carbons (Fsp3) is 0.286. The second kappa shape index (κ2) is 3.17. The molecule has 0 bridgehead atoms. The number of nitrogens with zero attached hydrogens (tertiary/aromatic N) is 1. The zero-order valence-electron chi connectivity index (χ0n) is 5.95. The summed E-state index contributed by atoms with van der Waals surface area (Å²) in [4.78, 5) is 3.86. The number of hydrogen-bond acceptors (Lipinski definition) is 3. The van der Waals surface area contributed by atoms with Crippen molar-refractivity contribution >= 4 is 11.6 Å². The van der Waals surface area contributed by atoms with Crippen molar-refractivity contribution in [1.82, 2.24) is 4.98 Å². The number of halogens is 1. The molecule has 0 aromatic carbocycles. The van der Waals surface area contributed by atoms with Gasteiger partial charge in [0.05, 0.1) is 0 Å². The minimum atomic E-state index is -1.48. The molecule has 1 aromatic heterocycles. The smallest absolute Gasteiger partial charge is 0.178 e. The number of hydrogen-bond donors (Lipinski definition) is 2. The van der Waals surface area contributed by atoms with E-state index in [1.54, 1.807) is 13.0 Å². The zero-order chi connectivity index (χ0) is 8.43. The maximum absolute atomic E-state index is 8.74. The molecule has 1 heterocycles. The largest absolute Gasteiger partial charge is 0.364 e. The van der Waals surface area contributed by atoms with Gasteiger partial charge in [-0.2, -0.15) is 0 Å². The summed E-state index contributed by atoms with van der Waals surface area (Å²) in [7, 11) is 0. The van der Waals surface area contributed by atoms with Crippen LogP contribution in [0.3, 0.4) is 0 Å². The van der Waals surface area contributed by atoms with Crippen molar-refractivity contribution < 1.29 is 10.2 Å². The van der Waals surface area contributed by atoms with E-state index >= 15 is 0 Å². The van der Waals surface area contributed by atoms with Crippen molar-refractivity contribution in [3.63, 3.8) is 0 Å². The van der Waals surface area contributed by atoms with Crippen LogP contribution >= 0.6 is 11.6 Å². The number of aliphatic hydroxyl groups is 2. The standard InChI is InChI=1S/C7H8ClNO2/c1-4-2-5(7(10)11)3-6(8)9-4/h2-3,7,10-11H,1H3. The lowest BCUT2D eigenvalue weighted by Gasteiger charge is -2.04. The number of aliphatic hydroxyl groups excluding tert-OH is 1. The van der Waals surface area contributed by atoms with Gasteiger partial charge in [-0.1, -0.05) is 11.6 Å². The van der Waals surface area contributed by atoms with Gasteiger partial charge in [0, 0.05) is 11.3 Å². The molecule has 0 fully saturated rings. The molecule has 2 N–H and O–H groups in total. The molecule has 1 aromatic rings. The second-order valence-corrected chi connectivity index (χ2v) is 2.63. The monoisotopic (exact) mass is 173 g/mol. The third-order valence-electron chi connectivity index (χ3n) is 1.24. The summed E-state index contributed by atoms with van der Waals surface area (Å²) in [5, 5.41) is 17.8. The van der Waals surface area contributed by atoms with Crippen LogP contribution in [0.1, 0.15) is 17.5 Å². The quantitative estimate of drug-likeness (QED) is 0.493. The predicted molar refractivity (Wildman–Crippen MR) is 41.2 cm³/mol. The van der Waals surface area contributed by atoms with Crippen molar-refractivity contribution in [2.45, 2.75) is 13.2 Å². The first-order valence-corrected chi connectivity index (χ1v) is 3.47. The molecular formula is C7H8ClNO2. The summed E-state index contributed by atoms with van der Waals surface area (Å²) < 4.78 is 0. The Balaban J connectivity index is 3.08. The van der Waals surface area contributed by atoms with Gasteiger partial charge in [0.2, 0.25) is 0 Å². The van der Waals surface area contributed by atoms with E-state index in [1.807, 2.05) is 0 Å². The molecule has 0 aliphatic heterocycles. The van der Waals surface area contributed by atoms with Crippen molar-refractivity contribution in [2.75, 3.05) is 0 Å². The van der Waals surface area contributed by atoms with Gasteiger partial charge in [0.25, 0.3) is 0 Å². The number of pyridine rings is 1. The third-order valence-corrected chi connectivity index (χ3v) is 1.44. The van der Waals surface area contributed by atoms with E-state index in [-0.39, 0.29) is 5.15 Å². The Morgan fingerprint density at radius 1 is 1.45 bits per heavy atom. The molecule has 0 saturated carbocycles. The lowest BCUT2D eigenvalue weighted by Crippen LogP contribution is -1.96. The van der Waals surface area contributed by atoms with Crippen LogP contribution in [-0.2, 0) is 0 Å². The lowest BCUT2D eigenvalue weighted by atomic mass is 10.2. The fourth-order valence-corrected chi connectivity index (χ4v) is 1.06. The van der Waals surface area contributed by atoms with Gasteiger partial charge in [-0.15, -0.1) is 0 Å². The van der Waals surface area contributed by atoms with Crippen LogP contribution in [0.5, 0.6) is 0 Å². The van der Waals surface area contributed by atoms with Crippen molar-refractivity contribution in [2.24, 2.45) is 0 Å². The normalized spacial score (nSPS) is 10.6. The van der Waals surface area contributed by atoms with Gasteiger partial charge in [-0.05, 0) is 19.1 Å². The first-order valence-electron chi connectivity index (χ1n) is 3.10. The van der Waals surface area contributed by atoms with Crippen LogP contribution < -0.4 is 0 Å². The topological polar surface area (TPSA) is 53.4 Å². The molecule has 4 heteroatoms. The molecule has 60 valence electrons. The summed E-state index contributed by atoms with van der Waals surface area (Å²) in [5.74, 6) is 0. The Morgan fingerprint density at radius 2 is 2.09 bits per heavy atom. The molecule has 0 aliphatic carbocycles. The van der Waals surface area contributed by atoms with E-state index in [2.05, 4.69) is 4.98 Å². The third kappa shape index (κ3) is 2.15. The summed E-state index contributed by atoms with van der Waals surface area (Å²) in [6, 6.07) is 2.98.